The van der Waals surface area contributed by atoms with Crippen LogP contribution in [0.2, 0.25) is 5.02 Å². The highest BCUT2D eigenvalue weighted by atomic mass is 35.5. The van der Waals surface area contributed by atoms with Gasteiger partial charge in [-0.05, 0) is 132 Å². The monoisotopic (exact) mass is 1440 g/mol. The third-order valence-corrected chi connectivity index (χ3v) is 22.3. The first-order valence-corrected chi connectivity index (χ1v) is 37.3. The third kappa shape index (κ3) is 21.1. The van der Waals surface area contributed by atoms with E-state index in [4.69, 9.17) is 11.6 Å². The first-order valence-electron chi connectivity index (χ1n) is 36.9. The van der Waals surface area contributed by atoms with E-state index in [0.717, 1.165) is 76.3 Å². The van der Waals surface area contributed by atoms with Crippen LogP contribution in [-0.2, 0) is 70.1 Å². The molecule has 1 aromatic carbocycles. The van der Waals surface area contributed by atoms with E-state index in [1.165, 1.54) is 87.6 Å². The van der Waals surface area contributed by atoms with Gasteiger partial charge in [-0.15, -0.1) is 0 Å². The molecule has 6 fully saturated rings. The number of rotatable bonds is 11. The van der Waals surface area contributed by atoms with Crippen LogP contribution in [0.1, 0.15) is 193 Å². The maximum atomic E-state index is 15.0. The summed E-state index contributed by atoms with van der Waals surface area (Å²) >= 11 is 6.12. The highest BCUT2D eigenvalue weighted by Crippen LogP contribution is 2.37. The van der Waals surface area contributed by atoms with Gasteiger partial charge in [-0.1, -0.05) is 103 Å². The summed E-state index contributed by atoms with van der Waals surface area (Å²) in [7, 11) is 8.78. The lowest BCUT2D eigenvalue weighted by Crippen LogP contribution is -2.64. The molecule has 0 spiro atoms. The number of likely N-dealkylation sites (N-methyl/N-ethyl adjacent to an activating group) is 6. The number of fused-ring (bicyclic) bond motifs is 2. The number of hydrogen-bond acceptors (Lipinski definition) is 12. The maximum Gasteiger partial charge on any atom is 0.417 e. The van der Waals surface area contributed by atoms with E-state index >= 15 is 9.59 Å². The van der Waals surface area contributed by atoms with Gasteiger partial charge in [0.05, 0.1) is 23.6 Å². The molecule has 12 amide bonds. The Kier molecular flexibility index (Phi) is 29.7. The van der Waals surface area contributed by atoms with Crippen molar-refractivity contribution < 1.29 is 70.7 Å². The molecule has 28 heteroatoms. The summed E-state index contributed by atoms with van der Waals surface area (Å²) in [6, 6.07) is -7.11. The van der Waals surface area contributed by atoms with Gasteiger partial charge in [-0.3, -0.25) is 57.5 Å². The van der Waals surface area contributed by atoms with Crippen LogP contribution in [0, 0.1) is 23.7 Å². The zero-order valence-electron chi connectivity index (χ0n) is 61.4. The number of piperidine rings is 1. The Bertz CT molecular complexity index is 3120. The molecule has 7 rings (SSSR count). The first-order chi connectivity index (χ1) is 47.7. The van der Waals surface area contributed by atoms with Crippen molar-refractivity contribution in [2.45, 2.75) is 249 Å². The van der Waals surface area contributed by atoms with Crippen molar-refractivity contribution in [3.63, 3.8) is 0 Å². The van der Waals surface area contributed by atoms with Crippen molar-refractivity contribution in [3.8, 4) is 0 Å². The summed E-state index contributed by atoms with van der Waals surface area (Å²) in [5.41, 5.74) is -0.724. The Hall–Kier alpha value is -7.06. The Balaban J connectivity index is 1.21. The van der Waals surface area contributed by atoms with Gasteiger partial charge in [-0.25, -0.2) is 0 Å². The molecular formula is C73H112ClF3N12O12. The van der Waals surface area contributed by atoms with Crippen molar-refractivity contribution in [1.29, 1.82) is 0 Å². The number of alkyl halides is 3. The molecule has 0 bridgehead atoms. The number of amides is 12. The summed E-state index contributed by atoms with van der Waals surface area (Å²) in [6.07, 6.45) is 6.87. The van der Waals surface area contributed by atoms with Gasteiger partial charge in [0, 0.05) is 81.4 Å². The second-order valence-corrected chi connectivity index (χ2v) is 30.5. The number of nitrogens with zero attached hydrogens (tertiary/aromatic N) is 9. The smallest absolute Gasteiger partial charge is 0.354 e. The van der Waals surface area contributed by atoms with Crippen molar-refractivity contribution in [2.75, 3.05) is 81.6 Å². The molecule has 4 aliphatic heterocycles. The van der Waals surface area contributed by atoms with E-state index in [2.05, 4.69) is 16.0 Å². The predicted octanol–water partition coefficient (Wildman–Crippen LogP) is 6.42. The van der Waals surface area contributed by atoms with Crippen LogP contribution < -0.4 is 16.0 Å². The molecule has 0 radical (unpaired) electrons. The number of carbonyl (C=O) groups excluding carboxylic acids is 12. The zero-order valence-corrected chi connectivity index (χ0v) is 62.1. The highest BCUT2D eigenvalue weighted by molar-refractivity contribution is 6.31. The van der Waals surface area contributed by atoms with Crippen LogP contribution >= 0.6 is 11.6 Å². The predicted molar refractivity (Wildman–Crippen MR) is 374 cm³/mol. The van der Waals surface area contributed by atoms with Crippen molar-refractivity contribution in [1.82, 2.24) is 60.0 Å². The van der Waals surface area contributed by atoms with Gasteiger partial charge in [-0.2, -0.15) is 13.2 Å². The molecule has 3 N–H and O–H groups in total. The molecule has 564 valence electrons. The van der Waals surface area contributed by atoms with E-state index < -0.39 is 161 Å². The minimum atomic E-state index is -4.74. The molecule has 2 saturated carbocycles. The fourth-order valence-electron chi connectivity index (χ4n) is 15.6. The summed E-state index contributed by atoms with van der Waals surface area (Å²) < 4.78 is 41.3. The number of benzene rings is 1. The SMILES string of the molecule is CC(C)C[C@H]1C(=O)N[C@@H](CC2CCCC2)C(=O)N(C)[C@@H](C)C(=O)N2CC[C@H]2C(=O)N(C)[C@@H](CC2CCCCC2)C(=O)N(C)CC(=O)N[C@@H](CCc2ccc(C(F)(F)F)c(Cl)c2)C(=O)N2CCC[C@H]2C(=O)NCCCCC(=O)N(C)[C@@H](C(C)C)C(=O)N(C)[C@H](C(=O)N2CCCCC2)CC(=O)N1C. The number of carbonyl (C=O) groups is 12. The van der Waals surface area contributed by atoms with E-state index in [9.17, 15) is 61.1 Å². The van der Waals surface area contributed by atoms with Crippen LogP contribution in [0.4, 0.5) is 13.2 Å². The number of nitrogens with one attached hydrogen (secondary N) is 3. The van der Waals surface area contributed by atoms with Crippen LogP contribution in [0.5, 0.6) is 0 Å². The van der Waals surface area contributed by atoms with E-state index in [-0.39, 0.29) is 95.2 Å². The quantitative estimate of drug-likeness (QED) is 0.217. The molecule has 1 aromatic rings. The molecule has 24 nitrogen and oxygen atoms in total. The standard InChI is InChI=1S/C73H112ClF3N12O12/c1-45(2)39-57-65(94)80-54(41-48-25-16-17-26-48)67(96)82(7)47(5)66(95)89-38-33-56(89)70(99)84(9)58(42-49-23-14-12-15-24-49)69(98)81(6)44-60(90)79-53(32-30-50-29-31-51(52(74)40-50)73(75,76)77)68(97)88-37-22-27-55(88)64(93)78-34-19-18-28-61(91)86(11)63(46(3)4)72(101)85(10)59(43-62(92)83(57)8)71(100)87-35-20-13-21-36-87/h29,31,40,45-49,53-59,63H,12-28,30,32-39,41-44H2,1-11H3,(H,78,93)(H,79,90)(H,80,94)/t47-,53-,54-,55-,56-,57-,58-,59-,63-/m0/s1. The lowest BCUT2D eigenvalue weighted by molar-refractivity contribution is -0.160. The molecule has 9 atom stereocenters. The topological polar surface area (TPSA) is 270 Å². The minimum Gasteiger partial charge on any atom is -0.354 e. The Morgan fingerprint density at radius 2 is 1.20 bits per heavy atom. The largest absolute Gasteiger partial charge is 0.417 e. The fourth-order valence-corrected chi connectivity index (χ4v) is 15.9. The lowest BCUT2D eigenvalue weighted by Gasteiger charge is -2.45. The Morgan fingerprint density at radius 3 is 1.80 bits per heavy atom. The molecule has 0 unspecified atom stereocenters. The van der Waals surface area contributed by atoms with Crippen molar-refractivity contribution in [2.24, 2.45) is 23.7 Å². The van der Waals surface area contributed by atoms with Gasteiger partial charge in [0.2, 0.25) is 70.9 Å². The maximum absolute atomic E-state index is 15.0. The number of likely N-dealkylation sites (tertiary alicyclic amines) is 1. The fraction of sp³-hybridized carbons (Fsp3) is 0.753. The number of hydrogen-bond donors (Lipinski definition) is 3. The van der Waals surface area contributed by atoms with Crippen molar-refractivity contribution in [3.05, 3.63) is 34.3 Å². The molecule has 2 aliphatic carbocycles. The molecule has 6 aliphatic rings. The van der Waals surface area contributed by atoms with E-state index in [1.807, 2.05) is 13.8 Å². The third-order valence-electron chi connectivity index (χ3n) is 22.0. The summed E-state index contributed by atoms with van der Waals surface area (Å²) in [5.74, 6) is -7.33. The lowest BCUT2D eigenvalue weighted by atomic mass is 9.84. The molecule has 4 heterocycles. The van der Waals surface area contributed by atoms with Gasteiger partial charge < -0.3 is 60.0 Å². The Labute approximate surface area is 599 Å². The Morgan fingerprint density at radius 1 is 0.574 bits per heavy atom. The van der Waals surface area contributed by atoms with Crippen LogP contribution in [0.15, 0.2) is 18.2 Å². The molecule has 0 aromatic heterocycles. The first kappa shape index (κ1) is 81.2. The van der Waals surface area contributed by atoms with Gasteiger partial charge in [0.15, 0.2) is 0 Å². The second kappa shape index (κ2) is 36.9. The summed E-state index contributed by atoms with van der Waals surface area (Å²) in [5, 5.41) is 8.10. The highest BCUT2D eigenvalue weighted by Gasteiger charge is 2.47. The molecule has 101 heavy (non-hydrogen) atoms. The van der Waals surface area contributed by atoms with Gasteiger partial charge >= 0.3 is 6.18 Å². The van der Waals surface area contributed by atoms with Crippen molar-refractivity contribution >= 4 is 82.5 Å². The average Bonchev–Trinajstić information content (AvgIpc) is 1.27. The van der Waals surface area contributed by atoms with Gasteiger partial charge in [0.1, 0.15) is 54.4 Å². The second-order valence-electron chi connectivity index (χ2n) is 30.1. The molecular weight excluding hydrogens is 1330 g/mol. The molecule has 4 saturated heterocycles. The summed E-state index contributed by atoms with van der Waals surface area (Å²) in [4.78, 5) is 189. The van der Waals surface area contributed by atoms with E-state index in [1.54, 1.807) is 25.7 Å². The van der Waals surface area contributed by atoms with Crippen LogP contribution in [-0.4, -0.2) is 251 Å². The summed E-state index contributed by atoms with van der Waals surface area (Å²) in [6.45, 7) is 9.47. The number of halogens is 4. The number of aryl methyl sites for hydroxylation is 1. The minimum absolute atomic E-state index is 0.0364. The van der Waals surface area contributed by atoms with E-state index in [0.29, 0.717) is 44.3 Å². The zero-order chi connectivity index (χ0) is 74.3. The average molecular weight is 1440 g/mol. The van der Waals surface area contributed by atoms with Crippen LogP contribution in [0.3, 0.4) is 0 Å². The van der Waals surface area contributed by atoms with Crippen LogP contribution in [0.25, 0.3) is 0 Å². The van der Waals surface area contributed by atoms with Gasteiger partial charge in [0.25, 0.3) is 0 Å². The normalized spacial score (nSPS) is 27.5.